The minimum Gasteiger partial charge on any atom is -0.351 e. The SMILES string of the molecule is CN1C(=NCCCN)NC2CCCCC21. The summed E-state index contributed by atoms with van der Waals surface area (Å²) in [5, 5.41) is 3.54. The normalized spacial score (nSPS) is 32.9. The first-order valence-corrected chi connectivity index (χ1v) is 6.07. The van der Waals surface area contributed by atoms with Crippen molar-refractivity contribution in [2.45, 2.75) is 44.2 Å². The zero-order valence-electron chi connectivity index (χ0n) is 9.58. The molecule has 2 aliphatic rings. The summed E-state index contributed by atoms with van der Waals surface area (Å²) in [6, 6.07) is 1.32. The molecule has 2 atom stereocenters. The van der Waals surface area contributed by atoms with Crippen molar-refractivity contribution in [2.24, 2.45) is 10.7 Å². The Morgan fingerprint density at radius 1 is 1.47 bits per heavy atom. The molecule has 2 rings (SSSR count). The van der Waals surface area contributed by atoms with Crippen LogP contribution in [0.2, 0.25) is 0 Å². The van der Waals surface area contributed by atoms with Crippen LogP contribution >= 0.6 is 0 Å². The van der Waals surface area contributed by atoms with Gasteiger partial charge in [-0.25, -0.2) is 0 Å². The Kier molecular flexibility index (Phi) is 3.46. The van der Waals surface area contributed by atoms with Crippen LogP contribution in [0.3, 0.4) is 0 Å². The maximum absolute atomic E-state index is 5.46. The van der Waals surface area contributed by atoms with E-state index in [2.05, 4.69) is 22.3 Å². The van der Waals surface area contributed by atoms with Crippen LogP contribution in [0.1, 0.15) is 32.1 Å². The van der Waals surface area contributed by atoms with Gasteiger partial charge in [0.05, 0.1) is 6.04 Å². The Balaban J connectivity index is 1.94. The number of nitrogens with two attached hydrogens (primary N) is 1. The van der Waals surface area contributed by atoms with E-state index >= 15 is 0 Å². The Hall–Kier alpha value is -0.770. The summed E-state index contributed by atoms with van der Waals surface area (Å²) < 4.78 is 0. The van der Waals surface area contributed by atoms with Crippen LogP contribution < -0.4 is 11.1 Å². The first-order valence-electron chi connectivity index (χ1n) is 6.07. The lowest BCUT2D eigenvalue weighted by Crippen LogP contribution is -2.36. The van der Waals surface area contributed by atoms with Crippen LogP contribution in [-0.2, 0) is 0 Å². The second-order valence-corrected chi connectivity index (χ2v) is 4.56. The van der Waals surface area contributed by atoms with Crippen molar-refractivity contribution in [1.82, 2.24) is 10.2 Å². The van der Waals surface area contributed by atoms with Crippen molar-refractivity contribution in [3.8, 4) is 0 Å². The lowest BCUT2D eigenvalue weighted by atomic mass is 9.91. The standard InChI is InChI=1S/C11H22N4/c1-15-10-6-3-2-5-9(10)14-11(15)13-8-4-7-12/h9-10H,2-8,12H2,1H3,(H,13,14). The predicted molar refractivity (Wildman–Crippen MR) is 62.9 cm³/mol. The van der Waals surface area contributed by atoms with Gasteiger partial charge in [-0.05, 0) is 25.8 Å². The van der Waals surface area contributed by atoms with Crippen molar-refractivity contribution in [1.29, 1.82) is 0 Å². The molecule has 0 aromatic heterocycles. The summed E-state index contributed by atoms with van der Waals surface area (Å²) in [4.78, 5) is 6.89. The van der Waals surface area contributed by atoms with Crippen molar-refractivity contribution >= 4 is 5.96 Å². The van der Waals surface area contributed by atoms with Gasteiger partial charge in [-0.1, -0.05) is 12.8 Å². The van der Waals surface area contributed by atoms with Crippen LogP contribution in [0.15, 0.2) is 4.99 Å². The maximum atomic E-state index is 5.46. The van der Waals surface area contributed by atoms with Crippen LogP contribution in [0.25, 0.3) is 0 Å². The van der Waals surface area contributed by atoms with Crippen LogP contribution in [0.5, 0.6) is 0 Å². The predicted octanol–water partition coefficient (Wildman–Crippen LogP) is 0.537. The number of likely N-dealkylation sites (N-methyl/N-ethyl adjacent to an activating group) is 1. The fourth-order valence-corrected chi connectivity index (χ4v) is 2.60. The van der Waals surface area contributed by atoms with Crippen molar-refractivity contribution in [3.63, 3.8) is 0 Å². The number of fused-ring (bicyclic) bond motifs is 1. The number of aliphatic imine (C=N–C) groups is 1. The topological polar surface area (TPSA) is 53.6 Å². The fraction of sp³-hybridized carbons (Fsp3) is 0.909. The van der Waals surface area contributed by atoms with Crippen molar-refractivity contribution in [2.75, 3.05) is 20.1 Å². The van der Waals surface area contributed by atoms with Gasteiger partial charge in [-0.3, -0.25) is 4.99 Å². The zero-order valence-corrected chi connectivity index (χ0v) is 9.58. The molecule has 1 aliphatic heterocycles. The molecular weight excluding hydrogens is 188 g/mol. The molecule has 0 spiro atoms. The summed E-state index contributed by atoms with van der Waals surface area (Å²) >= 11 is 0. The lowest BCUT2D eigenvalue weighted by molar-refractivity contribution is 0.278. The molecule has 4 heteroatoms. The average molecular weight is 210 g/mol. The Morgan fingerprint density at radius 2 is 2.27 bits per heavy atom. The smallest absolute Gasteiger partial charge is 0.194 e. The van der Waals surface area contributed by atoms with E-state index in [1.54, 1.807) is 0 Å². The minimum absolute atomic E-state index is 0.639. The van der Waals surface area contributed by atoms with Crippen molar-refractivity contribution in [3.05, 3.63) is 0 Å². The summed E-state index contributed by atoms with van der Waals surface area (Å²) in [7, 11) is 2.16. The molecule has 0 bridgehead atoms. The fourth-order valence-electron chi connectivity index (χ4n) is 2.60. The number of hydrogen-bond acceptors (Lipinski definition) is 2. The monoisotopic (exact) mass is 210 g/mol. The quantitative estimate of drug-likeness (QED) is 0.668. The first kappa shape index (κ1) is 10.7. The zero-order chi connectivity index (χ0) is 10.7. The molecule has 1 heterocycles. The molecule has 1 aliphatic carbocycles. The molecular formula is C11H22N4. The number of nitrogens with zero attached hydrogens (tertiary/aromatic N) is 2. The number of guanidine groups is 1. The van der Waals surface area contributed by atoms with Crippen LogP contribution in [0.4, 0.5) is 0 Å². The van der Waals surface area contributed by atoms with E-state index in [1.165, 1.54) is 25.7 Å². The van der Waals surface area contributed by atoms with Gasteiger partial charge in [0.2, 0.25) is 0 Å². The third-order valence-corrected chi connectivity index (χ3v) is 3.50. The maximum Gasteiger partial charge on any atom is 0.194 e. The Labute approximate surface area is 91.9 Å². The van der Waals surface area contributed by atoms with Gasteiger partial charge in [0.25, 0.3) is 0 Å². The first-order chi connectivity index (χ1) is 7.33. The number of rotatable bonds is 3. The number of nitrogens with one attached hydrogen (secondary N) is 1. The highest BCUT2D eigenvalue weighted by Gasteiger charge is 2.36. The Morgan fingerprint density at radius 3 is 3.00 bits per heavy atom. The summed E-state index contributed by atoms with van der Waals surface area (Å²) in [6.07, 6.45) is 6.31. The van der Waals surface area contributed by atoms with Gasteiger partial charge >= 0.3 is 0 Å². The molecule has 3 N–H and O–H groups in total. The van der Waals surface area contributed by atoms with Gasteiger partial charge < -0.3 is 16.0 Å². The van der Waals surface area contributed by atoms with E-state index in [-0.39, 0.29) is 0 Å². The van der Waals surface area contributed by atoms with E-state index in [9.17, 15) is 0 Å². The average Bonchev–Trinajstić information content (AvgIpc) is 2.57. The molecule has 2 fully saturated rings. The van der Waals surface area contributed by atoms with E-state index in [4.69, 9.17) is 5.73 Å². The summed E-state index contributed by atoms with van der Waals surface area (Å²) in [5.41, 5.74) is 5.46. The van der Waals surface area contributed by atoms with E-state index in [0.29, 0.717) is 12.1 Å². The molecule has 1 saturated heterocycles. The highest BCUT2D eigenvalue weighted by atomic mass is 15.4. The van der Waals surface area contributed by atoms with E-state index in [0.717, 1.165) is 25.5 Å². The molecule has 0 amide bonds. The molecule has 2 unspecified atom stereocenters. The van der Waals surface area contributed by atoms with E-state index in [1.807, 2.05) is 0 Å². The largest absolute Gasteiger partial charge is 0.351 e. The second-order valence-electron chi connectivity index (χ2n) is 4.56. The third kappa shape index (κ3) is 2.25. The highest BCUT2D eigenvalue weighted by molar-refractivity contribution is 5.82. The molecule has 86 valence electrons. The van der Waals surface area contributed by atoms with Gasteiger partial charge in [-0.2, -0.15) is 0 Å². The molecule has 0 aromatic carbocycles. The third-order valence-electron chi connectivity index (χ3n) is 3.50. The lowest BCUT2D eigenvalue weighted by Gasteiger charge is -2.27. The number of hydrogen-bond donors (Lipinski definition) is 2. The highest BCUT2D eigenvalue weighted by Crippen LogP contribution is 2.26. The molecule has 1 saturated carbocycles. The van der Waals surface area contributed by atoms with E-state index < -0.39 is 0 Å². The Bertz CT molecular complexity index is 239. The van der Waals surface area contributed by atoms with Crippen molar-refractivity contribution < 1.29 is 0 Å². The molecule has 0 radical (unpaired) electrons. The van der Waals surface area contributed by atoms with Gasteiger partial charge in [0.1, 0.15) is 0 Å². The molecule has 0 aromatic rings. The van der Waals surface area contributed by atoms with Gasteiger partial charge in [-0.15, -0.1) is 0 Å². The van der Waals surface area contributed by atoms with Gasteiger partial charge in [0, 0.05) is 19.6 Å². The van der Waals surface area contributed by atoms with Crippen LogP contribution in [0, 0.1) is 0 Å². The van der Waals surface area contributed by atoms with Gasteiger partial charge in [0.15, 0.2) is 5.96 Å². The summed E-state index contributed by atoms with van der Waals surface area (Å²) in [6.45, 7) is 1.58. The molecule has 15 heavy (non-hydrogen) atoms. The minimum atomic E-state index is 0.639. The molecule has 4 nitrogen and oxygen atoms in total. The van der Waals surface area contributed by atoms with Crippen LogP contribution in [-0.4, -0.2) is 43.1 Å². The summed E-state index contributed by atoms with van der Waals surface area (Å²) in [5.74, 6) is 1.08. The second kappa shape index (κ2) is 4.84.